The lowest BCUT2D eigenvalue weighted by Crippen LogP contribution is -2.44. The van der Waals surface area contributed by atoms with Gasteiger partial charge >= 0.3 is 11.8 Å². The SMILES string of the molecule is O=C(NNc1cc(F)c(F)cc1F)C(=O)NNc1cc(F)c(F)cc1F. The number of hydrogen-bond acceptors (Lipinski definition) is 4. The quantitative estimate of drug-likeness (QED) is 0.284. The number of benzene rings is 2. The van der Waals surface area contributed by atoms with Crippen molar-refractivity contribution >= 4 is 23.2 Å². The number of carbonyl (C=O) groups excluding carboxylic acids is 2. The van der Waals surface area contributed by atoms with Crippen LogP contribution in [0.15, 0.2) is 24.3 Å². The zero-order valence-corrected chi connectivity index (χ0v) is 12.4. The fraction of sp³-hybridized carbons (Fsp3) is 0. The summed E-state index contributed by atoms with van der Waals surface area (Å²) in [6, 6.07) is 1.18. The van der Waals surface area contributed by atoms with Gasteiger partial charge in [0.05, 0.1) is 11.4 Å². The van der Waals surface area contributed by atoms with Crippen molar-refractivity contribution < 1.29 is 35.9 Å². The van der Waals surface area contributed by atoms with Crippen LogP contribution in [0, 0.1) is 34.9 Å². The summed E-state index contributed by atoms with van der Waals surface area (Å²) in [7, 11) is 0. The smallest absolute Gasteiger partial charge is 0.295 e. The standard InChI is InChI=1S/C14H8F6N4O2/c15-5-1-9(19)11(3-7(5)17)21-23-13(25)14(26)24-22-12-4-8(18)6(16)2-10(12)20/h1-4,21-22H,(H,23,25)(H,24,26). The average Bonchev–Trinajstić information content (AvgIpc) is 2.58. The van der Waals surface area contributed by atoms with Gasteiger partial charge in [0.25, 0.3) is 0 Å². The molecule has 0 aromatic heterocycles. The average molecular weight is 378 g/mol. The molecular formula is C14H8F6N4O2. The number of hydrazine groups is 2. The van der Waals surface area contributed by atoms with Gasteiger partial charge in [0, 0.05) is 24.3 Å². The Bertz CT molecular complexity index is 806. The molecule has 2 amide bonds. The summed E-state index contributed by atoms with van der Waals surface area (Å²) in [4.78, 5) is 22.9. The first kappa shape index (κ1) is 18.9. The number of halogens is 6. The van der Waals surface area contributed by atoms with E-state index in [1.54, 1.807) is 10.9 Å². The van der Waals surface area contributed by atoms with E-state index in [2.05, 4.69) is 0 Å². The van der Waals surface area contributed by atoms with E-state index in [1.807, 2.05) is 10.9 Å². The normalized spacial score (nSPS) is 10.2. The van der Waals surface area contributed by atoms with Gasteiger partial charge < -0.3 is 0 Å². The topological polar surface area (TPSA) is 82.3 Å². The van der Waals surface area contributed by atoms with Crippen LogP contribution in [-0.2, 0) is 9.59 Å². The van der Waals surface area contributed by atoms with E-state index in [-0.39, 0.29) is 12.1 Å². The Hall–Kier alpha value is -3.44. The van der Waals surface area contributed by atoms with Crippen LogP contribution in [0.3, 0.4) is 0 Å². The maximum absolute atomic E-state index is 13.3. The van der Waals surface area contributed by atoms with Gasteiger partial charge in [-0.25, -0.2) is 26.3 Å². The molecule has 0 aliphatic rings. The zero-order valence-electron chi connectivity index (χ0n) is 12.4. The Morgan fingerprint density at radius 3 is 1.19 bits per heavy atom. The fourth-order valence-corrected chi connectivity index (χ4v) is 1.60. The zero-order chi connectivity index (χ0) is 19.4. The van der Waals surface area contributed by atoms with Crippen LogP contribution in [0.5, 0.6) is 0 Å². The largest absolute Gasteiger partial charge is 0.329 e. The van der Waals surface area contributed by atoms with Crippen LogP contribution < -0.4 is 21.7 Å². The molecule has 0 heterocycles. The van der Waals surface area contributed by atoms with Crippen molar-refractivity contribution in [2.45, 2.75) is 0 Å². The van der Waals surface area contributed by atoms with E-state index in [9.17, 15) is 35.9 Å². The third kappa shape index (κ3) is 4.34. The van der Waals surface area contributed by atoms with Crippen molar-refractivity contribution in [1.29, 1.82) is 0 Å². The number of amides is 2. The molecule has 6 nitrogen and oxygen atoms in total. The molecule has 2 aromatic rings. The third-order valence-electron chi connectivity index (χ3n) is 2.85. The molecule has 0 aliphatic heterocycles. The summed E-state index contributed by atoms with van der Waals surface area (Å²) < 4.78 is 78.1. The molecule has 0 spiro atoms. The first-order chi connectivity index (χ1) is 12.2. The molecule has 0 bridgehead atoms. The van der Waals surface area contributed by atoms with E-state index >= 15 is 0 Å². The first-order valence-electron chi connectivity index (χ1n) is 6.60. The van der Waals surface area contributed by atoms with E-state index in [0.717, 1.165) is 0 Å². The van der Waals surface area contributed by atoms with Crippen molar-refractivity contribution in [3.8, 4) is 0 Å². The van der Waals surface area contributed by atoms with Gasteiger partial charge in [-0.1, -0.05) is 0 Å². The van der Waals surface area contributed by atoms with Crippen LogP contribution in [0.2, 0.25) is 0 Å². The number of rotatable bonds is 4. The highest BCUT2D eigenvalue weighted by Crippen LogP contribution is 2.18. The molecule has 26 heavy (non-hydrogen) atoms. The van der Waals surface area contributed by atoms with Crippen molar-refractivity contribution in [3.63, 3.8) is 0 Å². The van der Waals surface area contributed by atoms with Crippen molar-refractivity contribution in [2.75, 3.05) is 10.9 Å². The molecule has 2 aromatic carbocycles. The molecule has 138 valence electrons. The Balaban J connectivity index is 1.93. The summed E-state index contributed by atoms with van der Waals surface area (Å²) in [5.74, 6) is -11.2. The highest BCUT2D eigenvalue weighted by molar-refractivity contribution is 6.35. The molecule has 0 saturated carbocycles. The monoisotopic (exact) mass is 378 g/mol. The summed E-state index contributed by atoms with van der Waals surface area (Å²) in [6.07, 6.45) is 0. The van der Waals surface area contributed by atoms with Crippen LogP contribution in [-0.4, -0.2) is 11.8 Å². The summed E-state index contributed by atoms with van der Waals surface area (Å²) in [6.45, 7) is 0. The second-order valence-electron chi connectivity index (χ2n) is 4.65. The van der Waals surface area contributed by atoms with Crippen LogP contribution in [0.4, 0.5) is 37.7 Å². The minimum absolute atomic E-state index is 0.206. The lowest BCUT2D eigenvalue weighted by molar-refractivity contribution is -0.138. The minimum Gasteiger partial charge on any atom is -0.295 e. The molecule has 0 atom stereocenters. The molecule has 0 fully saturated rings. The Kier molecular flexibility index (Phi) is 5.54. The van der Waals surface area contributed by atoms with Crippen LogP contribution in [0.25, 0.3) is 0 Å². The maximum Gasteiger partial charge on any atom is 0.329 e. The molecule has 0 unspecified atom stereocenters. The third-order valence-corrected chi connectivity index (χ3v) is 2.85. The highest BCUT2D eigenvalue weighted by Gasteiger charge is 2.16. The fourth-order valence-electron chi connectivity index (χ4n) is 1.60. The molecule has 0 saturated heterocycles. The molecular weight excluding hydrogens is 370 g/mol. The van der Waals surface area contributed by atoms with E-state index in [0.29, 0.717) is 12.1 Å². The summed E-state index contributed by atoms with van der Waals surface area (Å²) in [5.41, 5.74) is 5.64. The number of hydrogen-bond donors (Lipinski definition) is 4. The maximum atomic E-state index is 13.3. The van der Waals surface area contributed by atoms with Crippen molar-refractivity contribution in [3.05, 3.63) is 59.2 Å². The van der Waals surface area contributed by atoms with Gasteiger partial charge in [-0.05, 0) is 0 Å². The van der Waals surface area contributed by atoms with E-state index < -0.39 is 58.1 Å². The van der Waals surface area contributed by atoms with Crippen molar-refractivity contribution in [1.82, 2.24) is 10.9 Å². The Morgan fingerprint density at radius 2 is 0.846 bits per heavy atom. The lowest BCUT2D eigenvalue weighted by atomic mass is 10.3. The van der Waals surface area contributed by atoms with E-state index in [4.69, 9.17) is 0 Å². The molecule has 0 aliphatic carbocycles. The molecule has 0 radical (unpaired) electrons. The predicted octanol–water partition coefficient (Wildman–Crippen LogP) is 2.11. The number of nitrogens with one attached hydrogen (secondary N) is 4. The lowest BCUT2D eigenvalue weighted by Gasteiger charge is -2.11. The van der Waals surface area contributed by atoms with Crippen LogP contribution >= 0.6 is 0 Å². The van der Waals surface area contributed by atoms with Gasteiger partial charge in [0.2, 0.25) is 0 Å². The van der Waals surface area contributed by atoms with Gasteiger partial charge in [0.15, 0.2) is 34.9 Å². The molecule has 12 heteroatoms. The highest BCUT2D eigenvalue weighted by atomic mass is 19.2. The van der Waals surface area contributed by atoms with E-state index in [1.165, 1.54) is 0 Å². The van der Waals surface area contributed by atoms with Gasteiger partial charge in [-0.3, -0.25) is 31.3 Å². The Morgan fingerprint density at radius 1 is 0.538 bits per heavy atom. The van der Waals surface area contributed by atoms with Gasteiger partial charge in [-0.15, -0.1) is 0 Å². The van der Waals surface area contributed by atoms with Crippen molar-refractivity contribution in [2.24, 2.45) is 0 Å². The second-order valence-corrected chi connectivity index (χ2v) is 4.65. The van der Waals surface area contributed by atoms with Crippen LogP contribution in [0.1, 0.15) is 0 Å². The predicted molar refractivity (Wildman–Crippen MR) is 76.2 cm³/mol. The minimum atomic E-state index is -1.46. The second kappa shape index (κ2) is 7.63. The number of carbonyl (C=O) groups is 2. The van der Waals surface area contributed by atoms with Gasteiger partial charge in [0.1, 0.15) is 0 Å². The van der Waals surface area contributed by atoms with Gasteiger partial charge in [-0.2, -0.15) is 0 Å². The summed E-state index contributed by atoms with van der Waals surface area (Å²) in [5, 5.41) is 0. The summed E-state index contributed by atoms with van der Waals surface area (Å²) >= 11 is 0. The molecule has 2 rings (SSSR count). The molecule has 4 N–H and O–H groups in total. The number of anilines is 2. The Labute approximate surface area is 141 Å². The first-order valence-corrected chi connectivity index (χ1v) is 6.60.